The van der Waals surface area contributed by atoms with E-state index in [4.69, 9.17) is 0 Å². The predicted octanol–water partition coefficient (Wildman–Crippen LogP) is 1.15. The van der Waals surface area contributed by atoms with Gasteiger partial charge in [-0.1, -0.05) is 6.07 Å². The quantitative estimate of drug-likeness (QED) is 0.840. The van der Waals surface area contributed by atoms with Gasteiger partial charge in [0.15, 0.2) is 0 Å². The van der Waals surface area contributed by atoms with E-state index in [0.717, 1.165) is 18.4 Å². The van der Waals surface area contributed by atoms with Crippen LogP contribution in [0.25, 0.3) is 0 Å². The highest BCUT2D eigenvalue weighted by atomic mass is 35.5. The maximum absolute atomic E-state index is 4.38. The zero-order valence-corrected chi connectivity index (χ0v) is 10.1. The number of halogens is 1. The van der Waals surface area contributed by atoms with E-state index in [0.29, 0.717) is 0 Å². The second kappa shape index (κ2) is 5.13. The fourth-order valence-electron chi connectivity index (χ4n) is 2.80. The van der Waals surface area contributed by atoms with Crippen LogP contribution in [0.3, 0.4) is 0 Å². The molecule has 88 valence electrons. The molecule has 0 saturated carbocycles. The number of pyridine rings is 1. The number of hydrogen-bond acceptors (Lipinski definition) is 3. The van der Waals surface area contributed by atoms with E-state index in [2.05, 4.69) is 27.3 Å². The van der Waals surface area contributed by atoms with E-state index < -0.39 is 0 Å². The molecule has 1 aromatic heterocycles. The summed E-state index contributed by atoms with van der Waals surface area (Å²) in [6, 6.07) is 6.17. The molecule has 0 amide bonds. The molecule has 0 aromatic carbocycles. The molecule has 2 aliphatic rings. The van der Waals surface area contributed by atoms with Crippen molar-refractivity contribution >= 4 is 12.4 Å². The molecule has 0 radical (unpaired) electrons. The summed E-state index contributed by atoms with van der Waals surface area (Å²) in [6.07, 6.45) is 1.88. The molecule has 4 heteroatoms. The van der Waals surface area contributed by atoms with Crippen molar-refractivity contribution in [2.24, 2.45) is 11.8 Å². The first-order valence-corrected chi connectivity index (χ1v) is 5.75. The zero-order valence-electron chi connectivity index (χ0n) is 9.30. The largest absolute Gasteiger partial charge is 0.316 e. The standard InChI is InChI=1S/C12H17N3.ClH/c1-2-4-14-12(3-1)9-15-7-10-5-13-6-11(10)8-15;/h1-4,10-11,13H,5-9H2;1H/t10-,11+;. The Labute approximate surface area is 103 Å². The summed E-state index contributed by atoms with van der Waals surface area (Å²) in [5.74, 6) is 1.77. The van der Waals surface area contributed by atoms with E-state index in [9.17, 15) is 0 Å². The van der Waals surface area contributed by atoms with Crippen LogP contribution in [0.4, 0.5) is 0 Å². The highest BCUT2D eigenvalue weighted by Gasteiger charge is 2.35. The van der Waals surface area contributed by atoms with Gasteiger partial charge in [-0.25, -0.2) is 0 Å². The van der Waals surface area contributed by atoms with Gasteiger partial charge in [0, 0.05) is 25.8 Å². The molecule has 2 aliphatic heterocycles. The molecule has 1 aromatic rings. The van der Waals surface area contributed by atoms with Gasteiger partial charge < -0.3 is 5.32 Å². The summed E-state index contributed by atoms with van der Waals surface area (Å²) in [6.45, 7) is 5.93. The zero-order chi connectivity index (χ0) is 10.1. The Morgan fingerprint density at radius 2 is 2.00 bits per heavy atom. The van der Waals surface area contributed by atoms with Crippen molar-refractivity contribution in [1.82, 2.24) is 15.2 Å². The van der Waals surface area contributed by atoms with Gasteiger partial charge in [-0.2, -0.15) is 0 Å². The molecule has 3 rings (SSSR count). The Hall–Kier alpha value is -0.640. The Kier molecular flexibility index (Phi) is 3.79. The van der Waals surface area contributed by atoms with E-state index in [-0.39, 0.29) is 12.4 Å². The summed E-state index contributed by atoms with van der Waals surface area (Å²) < 4.78 is 0. The van der Waals surface area contributed by atoms with Crippen LogP contribution < -0.4 is 5.32 Å². The first-order valence-electron chi connectivity index (χ1n) is 5.75. The van der Waals surface area contributed by atoms with Gasteiger partial charge in [0.05, 0.1) is 5.69 Å². The summed E-state index contributed by atoms with van der Waals surface area (Å²) >= 11 is 0. The molecular weight excluding hydrogens is 222 g/mol. The van der Waals surface area contributed by atoms with Gasteiger partial charge in [0.25, 0.3) is 0 Å². The lowest BCUT2D eigenvalue weighted by Crippen LogP contribution is -2.25. The third-order valence-corrected chi connectivity index (χ3v) is 3.58. The average molecular weight is 240 g/mol. The summed E-state index contributed by atoms with van der Waals surface area (Å²) in [4.78, 5) is 6.92. The minimum atomic E-state index is 0. The molecule has 2 fully saturated rings. The van der Waals surface area contributed by atoms with Crippen molar-refractivity contribution in [3.63, 3.8) is 0 Å². The number of likely N-dealkylation sites (tertiary alicyclic amines) is 1. The minimum absolute atomic E-state index is 0. The molecule has 1 N–H and O–H groups in total. The molecular formula is C12H18ClN3. The van der Waals surface area contributed by atoms with E-state index >= 15 is 0 Å². The molecule has 0 aliphatic carbocycles. The smallest absolute Gasteiger partial charge is 0.0543 e. The van der Waals surface area contributed by atoms with Crippen molar-refractivity contribution < 1.29 is 0 Å². The van der Waals surface area contributed by atoms with Crippen LogP contribution in [0.2, 0.25) is 0 Å². The molecule has 3 heterocycles. The lowest BCUT2D eigenvalue weighted by atomic mass is 10.0. The van der Waals surface area contributed by atoms with Gasteiger partial charge in [-0.05, 0) is 37.1 Å². The van der Waals surface area contributed by atoms with Crippen molar-refractivity contribution in [2.45, 2.75) is 6.54 Å². The number of hydrogen-bond donors (Lipinski definition) is 1. The number of aromatic nitrogens is 1. The number of fused-ring (bicyclic) bond motifs is 1. The van der Waals surface area contributed by atoms with Crippen molar-refractivity contribution in [2.75, 3.05) is 26.2 Å². The van der Waals surface area contributed by atoms with Crippen LogP contribution in [0.1, 0.15) is 5.69 Å². The summed E-state index contributed by atoms with van der Waals surface area (Å²) in [5.41, 5.74) is 1.20. The monoisotopic (exact) mass is 239 g/mol. The van der Waals surface area contributed by atoms with Crippen LogP contribution >= 0.6 is 12.4 Å². The first-order chi connectivity index (χ1) is 7.42. The number of rotatable bonds is 2. The van der Waals surface area contributed by atoms with Gasteiger partial charge in [0.2, 0.25) is 0 Å². The molecule has 2 saturated heterocycles. The minimum Gasteiger partial charge on any atom is -0.316 e. The normalized spacial score (nSPS) is 28.8. The molecule has 0 unspecified atom stereocenters. The highest BCUT2D eigenvalue weighted by Crippen LogP contribution is 2.26. The number of nitrogens with one attached hydrogen (secondary N) is 1. The Morgan fingerprint density at radius 3 is 2.62 bits per heavy atom. The van der Waals surface area contributed by atoms with Crippen LogP contribution in [0.5, 0.6) is 0 Å². The Bertz CT molecular complexity index is 318. The Morgan fingerprint density at radius 1 is 1.25 bits per heavy atom. The molecule has 3 nitrogen and oxygen atoms in total. The highest BCUT2D eigenvalue weighted by molar-refractivity contribution is 5.85. The van der Waals surface area contributed by atoms with Gasteiger partial charge in [-0.3, -0.25) is 9.88 Å². The third kappa shape index (κ3) is 2.37. The lowest BCUT2D eigenvalue weighted by Gasteiger charge is -2.15. The second-order valence-electron chi connectivity index (χ2n) is 4.69. The average Bonchev–Trinajstić information content (AvgIpc) is 2.79. The lowest BCUT2D eigenvalue weighted by molar-refractivity contribution is 0.302. The van der Waals surface area contributed by atoms with E-state index in [1.54, 1.807) is 0 Å². The van der Waals surface area contributed by atoms with Gasteiger partial charge >= 0.3 is 0 Å². The van der Waals surface area contributed by atoms with Gasteiger partial charge in [0.1, 0.15) is 0 Å². The Balaban J connectivity index is 0.000000963. The van der Waals surface area contributed by atoms with Crippen molar-refractivity contribution in [3.8, 4) is 0 Å². The first kappa shape index (κ1) is 11.8. The maximum Gasteiger partial charge on any atom is 0.0543 e. The van der Waals surface area contributed by atoms with Crippen molar-refractivity contribution in [1.29, 1.82) is 0 Å². The second-order valence-corrected chi connectivity index (χ2v) is 4.69. The van der Waals surface area contributed by atoms with Crippen molar-refractivity contribution in [3.05, 3.63) is 30.1 Å². The van der Waals surface area contributed by atoms with E-state index in [1.807, 2.05) is 12.3 Å². The van der Waals surface area contributed by atoms with Gasteiger partial charge in [-0.15, -0.1) is 12.4 Å². The van der Waals surface area contributed by atoms with Crippen LogP contribution in [-0.4, -0.2) is 36.1 Å². The van der Waals surface area contributed by atoms with Crippen LogP contribution in [0, 0.1) is 11.8 Å². The SMILES string of the molecule is Cl.c1ccc(CN2C[C@H]3CNC[C@H]3C2)nc1. The third-order valence-electron chi connectivity index (χ3n) is 3.58. The van der Waals surface area contributed by atoms with Crippen LogP contribution in [0.15, 0.2) is 24.4 Å². The fourth-order valence-corrected chi connectivity index (χ4v) is 2.80. The molecule has 16 heavy (non-hydrogen) atoms. The molecule has 0 spiro atoms. The predicted molar refractivity (Wildman–Crippen MR) is 66.6 cm³/mol. The molecule has 0 bridgehead atoms. The number of nitrogens with zero attached hydrogens (tertiary/aromatic N) is 2. The molecule has 2 atom stereocenters. The van der Waals surface area contributed by atoms with E-state index in [1.165, 1.54) is 31.9 Å². The summed E-state index contributed by atoms with van der Waals surface area (Å²) in [7, 11) is 0. The topological polar surface area (TPSA) is 28.2 Å². The van der Waals surface area contributed by atoms with Crippen LogP contribution in [-0.2, 0) is 6.54 Å². The maximum atomic E-state index is 4.38. The fraction of sp³-hybridized carbons (Fsp3) is 0.583. The summed E-state index contributed by atoms with van der Waals surface area (Å²) in [5, 5.41) is 3.47.